The molecule has 0 atom stereocenters. The van der Waals surface area contributed by atoms with Crippen LogP contribution >= 0.6 is 0 Å². The van der Waals surface area contributed by atoms with E-state index in [1.54, 1.807) is 7.11 Å². The summed E-state index contributed by atoms with van der Waals surface area (Å²) in [6.07, 6.45) is 2.49. The van der Waals surface area contributed by atoms with Gasteiger partial charge in [-0.05, 0) is 25.5 Å². The standard InChI is InChI=1S/C15H25NO/c1-5-13(6-2)10-16-11-14-9-12(3)7-8-15(14)17-4/h7-9,13,16H,5-6,10-11H2,1-4H3. The van der Waals surface area contributed by atoms with Crippen LogP contribution in [0.4, 0.5) is 0 Å². The molecule has 0 saturated heterocycles. The zero-order chi connectivity index (χ0) is 12.7. The van der Waals surface area contributed by atoms with Crippen LogP contribution in [0.15, 0.2) is 18.2 Å². The van der Waals surface area contributed by atoms with Gasteiger partial charge >= 0.3 is 0 Å². The first kappa shape index (κ1) is 14.0. The molecule has 0 spiro atoms. The molecule has 0 amide bonds. The van der Waals surface area contributed by atoms with Crippen LogP contribution in [0.25, 0.3) is 0 Å². The Bertz CT molecular complexity index is 332. The summed E-state index contributed by atoms with van der Waals surface area (Å²) in [6, 6.07) is 6.32. The third kappa shape index (κ3) is 4.39. The first-order valence-electron chi connectivity index (χ1n) is 6.55. The molecule has 96 valence electrons. The molecule has 1 aromatic carbocycles. The van der Waals surface area contributed by atoms with Gasteiger partial charge in [0, 0.05) is 12.1 Å². The average molecular weight is 235 g/mol. The number of methoxy groups -OCH3 is 1. The predicted molar refractivity (Wildman–Crippen MR) is 73.5 cm³/mol. The second kappa shape index (κ2) is 7.33. The fourth-order valence-electron chi connectivity index (χ4n) is 2.03. The SMILES string of the molecule is CCC(CC)CNCc1cc(C)ccc1OC. The number of nitrogens with one attached hydrogen (secondary N) is 1. The van der Waals surface area contributed by atoms with E-state index in [9.17, 15) is 0 Å². The van der Waals surface area contributed by atoms with Crippen LogP contribution in [0, 0.1) is 12.8 Å². The molecule has 2 nitrogen and oxygen atoms in total. The fraction of sp³-hybridized carbons (Fsp3) is 0.600. The van der Waals surface area contributed by atoms with Crippen molar-refractivity contribution in [1.82, 2.24) is 5.32 Å². The fourth-order valence-corrected chi connectivity index (χ4v) is 2.03. The average Bonchev–Trinajstić information content (AvgIpc) is 2.35. The van der Waals surface area contributed by atoms with Crippen molar-refractivity contribution in [2.45, 2.75) is 40.2 Å². The monoisotopic (exact) mass is 235 g/mol. The van der Waals surface area contributed by atoms with Gasteiger partial charge in [-0.2, -0.15) is 0 Å². The van der Waals surface area contributed by atoms with Crippen molar-refractivity contribution in [3.63, 3.8) is 0 Å². The molecule has 0 unspecified atom stereocenters. The van der Waals surface area contributed by atoms with Gasteiger partial charge in [0.05, 0.1) is 7.11 Å². The molecule has 0 aromatic heterocycles. The minimum absolute atomic E-state index is 0.783. The quantitative estimate of drug-likeness (QED) is 0.780. The summed E-state index contributed by atoms with van der Waals surface area (Å²) in [6.45, 7) is 8.60. The molecule has 17 heavy (non-hydrogen) atoms. The van der Waals surface area contributed by atoms with E-state index in [1.165, 1.54) is 24.0 Å². The molecule has 0 aliphatic carbocycles. The van der Waals surface area contributed by atoms with Crippen molar-refractivity contribution in [2.75, 3.05) is 13.7 Å². The number of aryl methyl sites for hydroxylation is 1. The summed E-state index contributed by atoms with van der Waals surface area (Å²) in [4.78, 5) is 0. The maximum atomic E-state index is 5.37. The number of hydrogen-bond acceptors (Lipinski definition) is 2. The van der Waals surface area contributed by atoms with Crippen molar-refractivity contribution in [2.24, 2.45) is 5.92 Å². The molecule has 0 aliphatic rings. The van der Waals surface area contributed by atoms with E-state index in [0.717, 1.165) is 24.8 Å². The van der Waals surface area contributed by atoms with Crippen molar-refractivity contribution < 1.29 is 4.74 Å². The van der Waals surface area contributed by atoms with Gasteiger partial charge in [-0.15, -0.1) is 0 Å². The molecule has 1 aromatic rings. The van der Waals surface area contributed by atoms with Crippen LogP contribution in [-0.4, -0.2) is 13.7 Å². The number of hydrogen-bond donors (Lipinski definition) is 1. The van der Waals surface area contributed by atoms with E-state index in [2.05, 4.69) is 38.2 Å². The largest absolute Gasteiger partial charge is 0.496 e. The molecule has 0 saturated carbocycles. The van der Waals surface area contributed by atoms with Gasteiger partial charge in [0.1, 0.15) is 5.75 Å². The molecule has 0 fully saturated rings. The predicted octanol–water partition coefficient (Wildman–Crippen LogP) is 3.53. The molecular weight excluding hydrogens is 210 g/mol. The van der Waals surface area contributed by atoms with E-state index in [4.69, 9.17) is 4.74 Å². The first-order chi connectivity index (χ1) is 8.21. The summed E-state index contributed by atoms with van der Waals surface area (Å²) < 4.78 is 5.37. The zero-order valence-corrected chi connectivity index (χ0v) is 11.5. The van der Waals surface area contributed by atoms with Crippen LogP contribution in [0.2, 0.25) is 0 Å². The molecule has 2 heteroatoms. The molecule has 0 aliphatic heterocycles. The minimum atomic E-state index is 0.783. The topological polar surface area (TPSA) is 21.3 Å². The van der Waals surface area contributed by atoms with Crippen LogP contribution in [0.3, 0.4) is 0 Å². The highest BCUT2D eigenvalue weighted by molar-refractivity contribution is 5.36. The van der Waals surface area contributed by atoms with E-state index in [0.29, 0.717) is 0 Å². The Morgan fingerprint density at radius 1 is 1.24 bits per heavy atom. The number of ether oxygens (including phenoxy) is 1. The Morgan fingerprint density at radius 2 is 1.94 bits per heavy atom. The zero-order valence-electron chi connectivity index (χ0n) is 11.5. The Balaban J connectivity index is 2.53. The van der Waals surface area contributed by atoms with Gasteiger partial charge in [0.15, 0.2) is 0 Å². The van der Waals surface area contributed by atoms with Gasteiger partial charge in [0.2, 0.25) is 0 Å². The van der Waals surface area contributed by atoms with Crippen molar-refractivity contribution in [3.05, 3.63) is 29.3 Å². The van der Waals surface area contributed by atoms with Gasteiger partial charge in [-0.3, -0.25) is 0 Å². The highest BCUT2D eigenvalue weighted by Gasteiger charge is 2.05. The van der Waals surface area contributed by atoms with Crippen LogP contribution in [0.5, 0.6) is 5.75 Å². The summed E-state index contributed by atoms with van der Waals surface area (Å²) in [5, 5.41) is 3.53. The maximum absolute atomic E-state index is 5.37. The van der Waals surface area contributed by atoms with Crippen LogP contribution < -0.4 is 10.1 Å². The summed E-state index contributed by atoms with van der Waals surface area (Å²) in [5.41, 5.74) is 2.53. The minimum Gasteiger partial charge on any atom is -0.496 e. The third-order valence-corrected chi connectivity index (χ3v) is 3.34. The van der Waals surface area contributed by atoms with Gasteiger partial charge in [0.25, 0.3) is 0 Å². The first-order valence-corrected chi connectivity index (χ1v) is 6.55. The molecule has 1 N–H and O–H groups in total. The van der Waals surface area contributed by atoms with Crippen molar-refractivity contribution in [1.29, 1.82) is 0 Å². The highest BCUT2D eigenvalue weighted by Crippen LogP contribution is 2.19. The highest BCUT2D eigenvalue weighted by atomic mass is 16.5. The van der Waals surface area contributed by atoms with Crippen LogP contribution in [-0.2, 0) is 6.54 Å². The van der Waals surface area contributed by atoms with Gasteiger partial charge in [-0.1, -0.05) is 44.4 Å². The molecule has 0 radical (unpaired) electrons. The van der Waals surface area contributed by atoms with Crippen LogP contribution in [0.1, 0.15) is 37.8 Å². The van der Waals surface area contributed by atoms with Gasteiger partial charge in [-0.25, -0.2) is 0 Å². The lowest BCUT2D eigenvalue weighted by molar-refractivity contribution is 0.403. The normalized spacial score (nSPS) is 10.9. The number of benzene rings is 1. The second-order valence-electron chi connectivity index (χ2n) is 4.63. The maximum Gasteiger partial charge on any atom is 0.123 e. The molecular formula is C15H25NO. The summed E-state index contributed by atoms with van der Waals surface area (Å²) in [5.74, 6) is 1.76. The lowest BCUT2D eigenvalue weighted by Crippen LogP contribution is -2.22. The van der Waals surface area contributed by atoms with E-state index >= 15 is 0 Å². The lowest BCUT2D eigenvalue weighted by atomic mass is 10.0. The third-order valence-electron chi connectivity index (χ3n) is 3.34. The molecule has 0 heterocycles. The van der Waals surface area contributed by atoms with Crippen molar-refractivity contribution in [3.8, 4) is 5.75 Å². The molecule has 0 bridgehead atoms. The summed E-state index contributed by atoms with van der Waals surface area (Å²) in [7, 11) is 1.73. The Hall–Kier alpha value is -1.02. The molecule has 1 rings (SSSR count). The number of rotatable bonds is 7. The Kier molecular flexibility index (Phi) is 6.06. The van der Waals surface area contributed by atoms with Crippen molar-refractivity contribution >= 4 is 0 Å². The Morgan fingerprint density at radius 3 is 2.53 bits per heavy atom. The smallest absolute Gasteiger partial charge is 0.123 e. The van der Waals surface area contributed by atoms with Gasteiger partial charge < -0.3 is 10.1 Å². The van der Waals surface area contributed by atoms with E-state index in [-0.39, 0.29) is 0 Å². The summed E-state index contributed by atoms with van der Waals surface area (Å²) >= 11 is 0. The van der Waals surface area contributed by atoms with E-state index in [1.807, 2.05) is 6.07 Å². The lowest BCUT2D eigenvalue weighted by Gasteiger charge is -2.15. The Labute approximate surface area is 105 Å². The second-order valence-corrected chi connectivity index (χ2v) is 4.63. The van der Waals surface area contributed by atoms with E-state index < -0.39 is 0 Å².